The molecule has 1 aromatic heterocycles. The van der Waals surface area contributed by atoms with Crippen molar-refractivity contribution < 1.29 is 14.4 Å². The molecule has 32 heavy (non-hydrogen) atoms. The summed E-state index contributed by atoms with van der Waals surface area (Å²) in [6, 6.07) is 20.6. The van der Waals surface area contributed by atoms with Gasteiger partial charge in [0.05, 0.1) is 28.0 Å². The molecule has 0 radical (unpaired) electrons. The van der Waals surface area contributed by atoms with Crippen LogP contribution < -0.4 is 10.2 Å². The van der Waals surface area contributed by atoms with Crippen molar-refractivity contribution in [2.24, 2.45) is 0 Å². The van der Waals surface area contributed by atoms with Gasteiger partial charge in [0.2, 0.25) is 0 Å². The number of pyridine rings is 1. The van der Waals surface area contributed by atoms with Crippen molar-refractivity contribution in [3.63, 3.8) is 0 Å². The van der Waals surface area contributed by atoms with Crippen molar-refractivity contribution in [2.45, 2.75) is 6.92 Å². The summed E-state index contributed by atoms with van der Waals surface area (Å²) < 4.78 is 0.886. The minimum atomic E-state index is -0.368. The van der Waals surface area contributed by atoms with E-state index in [-0.39, 0.29) is 17.7 Å². The topological polar surface area (TPSA) is 79.4 Å². The molecule has 0 unspecified atom stereocenters. The molecule has 3 aromatic carbocycles. The van der Waals surface area contributed by atoms with Gasteiger partial charge in [-0.05, 0) is 67.6 Å². The van der Waals surface area contributed by atoms with Gasteiger partial charge in [0.25, 0.3) is 17.7 Å². The van der Waals surface area contributed by atoms with Gasteiger partial charge in [-0.1, -0.05) is 28.1 Å². The van der Waals surface area contributed by atoms with Crippen molar-refractivity contribution in [2.75, 3.05) is 10.2 Å². The maximum atomic E-state index is 12.9. The maximum Gasteiger partial charge on any atom is 0.266 e. The van der Waals surface area contributed by atoms with Gasteiger partial charge in [-0.3, -0.25) is 19.4 Å². The Hall–Kier alpha value is -3.84. The third-order valence-corrected chi connectivity index (χ3v) is 5.82. The fraction of sp³-hybridized carbons (Fsp3) is 0.0400. The standard InChI is InChI=1S/C25H16BrN3O3/c1-14-12-22(20-13-16(26)8-11-21(20)27-14)28-23(30)15-6-9-17(10-7-15)29-24(31)18-4-2-3-5-19(18)25(29)32/h2-13H,1H3,(H,27,28,30). The van der Waals surface area contributed by atoms with Crippen LogP contribution >= 0.6 is 15.9 Å². The van der Waals surface area contributed by atoms with Crippen LogP contribution in [0.3, 0.4) is 0 Å². The molecule has 2 heterocycles. The monoisotopic (exact) mass is 485 g/mol. The van der Waals surface area contributed by atoms with Crippen molar-refractivity contribution in [1.29, 1.82) is 0 Å². The Morgan fingerprint density at radius 2 is 1.56 bits per heavy atom. The molecule has 0 spiro atoms. The van der Waals surface area contributed by atoms with E-state index in [4.69, 9.17) is 0 Å². The highest BCUT2D eigenvalue weighted by Gasteiger charge is 2.36. The number of rotatable bonds is 3. The predicted octanol–water partition coefficient (Wildman–Crippen LogP) is 5.36. The van der Waals surface area contributed by atoms with Crippen molar-refractivity contribution >= 4 is 55.9 Å². The number of aromatic nitrogens is 1. The lowest BCUT2D eigenvalue weighted by atomic mass is 10.1. The molecule has 0 bridgehead atoms. The number of aryl methyl sites for hydroxylation is 1. The van der Waals surface area contributed by atoms with Crippen LogP contribution in [0.15, 0.2) is 77.3 Å². The summed E-state index contributed by atoms with van der Waals surface area (Å²) in [4.78, 5) is 43.9. The molecule has 0 fully saturated rings. The van der Waals surface area contributed by atoms with E-state index in [1.54, 1.807) is 48.5 Å². The minimum Gasteiger partial charge on any atom is -0.321 e. The van der Waals surface area contributed by atoms with Gasteiger partial charge in [-0.25, -0.2) is 4.90 Å². The number of fused-ring (bicyclic) bond motifs is 2. The quantitative estimate of drug-likeness (QED) is 0.396. The number of hydrogen-bond donors (Lipinski definition) is 1. The van der Waals surface area contributed by atoms with Crippen LogP contribution in [0.2, 0.25) is 0 Å². The molecule has 0 saturated carbocycles. The van der Waals surface area contributed by atoms with Crippen LogP contribution in [0.1, 0.15) is 36.8 Å². The van der Waals surface area contributed by atoms with Crippen LogP contribution in [0.4, 0.5) is 11.4 Å². The number of nitrogens with zero attached hydrogens (tertiary/aromatic N) is 2. The molecule has 156 valence electrons. The number of hydrogen-bond acceptors (Lipinski definition) is 4. The van der Waals surface area contributed by atoms with E-state index in [9.17, 15) is 14.4 Å². The Kier molecular flexibility index (Phi) is 4.83. The van der Waals surface area contributed by atoms with E-state index in [1.807, 2.05) is 31.2 Å². The predicted molar refractivity (Wildman–Crippen MR) is 126 cm³/mol. The van der Waals surface area contributed by atoms with E-state index in [2.05, 4.69) is 26.2 Å². The number of halogens is 1. The number of carbonyl (C=O) groups excluding carboxylic acids is 3. The highest BCUT2D eigenvalue weighted by Crippen LogP contribution is 2.29. The van der Waals surface area contributed by atoms with Gasteiger partial charge >= 0.3 is 0 Å². The average Bonchev–Trinajstić information content (AvgIpc) is 3.04. The van der Waals surface area contributed by atoms with Gasteiger partial charge in [0.1, 0.15) is 0 Å². The Morgan fingerprint density at radius 3 is 2.22 bits per heavy atom. The average molecular weight is 486 g/mol. The van der Waals surface area contributed by atoms with Gasteiger partial charge < -0.3 is 5.32 Å². The van der Waals surface area contributed by atoms with E-state index < -0.39 is 0 Å². The fourth-order valence-electron chi connectivity index (χ4n) is 3.81. The SMILES string of the molecule is Cc1cc(NC(=O)c2ccc(N3C(=O)c4ccccc4C3=O)cc2)c2cc(Br)ccc2n1. The van der Waals surface area contributed by atoms with E-state index in [0.29, 0.717) is 28.1 Å². The molecule has 3 amide bonds. The zero-order valence-electron chi connectivity index (χ0n) is 16.9. The second-order valence-corrected chi connectivity index (χ2v) is 8.38. The van der Waals surface area contributed by atoms with E-state index in [0.717, 1.165) is 26.0 Å². The highest BCUT2D eigenvalue weighted by atomic mass is 79.9. The van der Waals surface area contributed by atoms with Gasteiger partial charge in [0, 0.05) is 21.1 Å². The molecule has 4 aromatic rings. The van der Waals surface area contributed by atoms with Crippen LogP contribution in [0, 0.1) is 6.92 Å². The van der Waals surface area contributed by atoms with Gasteiger partial charge in [-0.15, -0.1) is 0 Å². The summed E-state index contributed by atoms with van der Waals surface area (Å²) in [5.41, 5.74) is 3.81. The third kappa shape index (κ3) is 3.36. The van der Waals surface area contributed by atoms with Crippen LogP contribution in [0.25, 0.3) is 10.9 Å². The van der Waals surface area contributed by atoms with Crippen LogP contribution in [-0.4, -0.2) is 22.7 Å². The number of anilines is 2. The minimum absolute atomic E-state index is 0.300. The molecule has 0 aliphatic carbocycles. The zero-order valence-corrected chi connectivity index (χ0v) is 18.5. The van der Waals surface area contributed by atoms with Crippen molar-refractivity contribution in [1.82, 2.24) is 4.98 Å². The molecule has 7 heteroatoms. The molecular weight excluding hydrogens is 470 g/mol. The zero-order chi connectivity index (χ0) is 22.4. The molecule has 0 saturated heterocycles. The van der Waals surface area contributed by atoms with Gasteiger partial charge in [-0.2, -0.15) is 0 Å². The lowest BCUT2D eigenvalue weighted by Gasteiger charge is -2.15. The smallest absolute Gasteiger partial charge is 0.266 e. The van der Waals surface area contributed by atoms with Crippen molar-refractivity contribution in [3.05, 3.63) is 99.7 Å². The molecule has 0 atom stereocenters. The second kappa shape index (κ2) is 7.69. The Morgan fingerprint density at radius 1 is 0.906 bits per heavy atom. The maximum absolute atomic E-state index is 12.9. The Bertz CT molecular complexity index is 1400. The molecule has 1 aliphatic heterocycles. The number of nitrogens with one attached hydrogen (secondary N) is 1. The Balaban J connectivity index is 1.42. The summed E-state index contributed by atoms with van der Waals surface area (Å²) in [6.45, 7) is 1.87. The van der Waals surface area contributed by atoms with E-state index in [1.165, 1.54) is 0 Å². The molecule has 5 rings (SSSR count). The highest BCUT2D eigenvalue weighted by molar-refractivity contribution is 9.10. The first-order chi connectivity index (χ1) is 15.4. The third-order valence-electron chi connectivity index (χ3n) is 5.33. The first-order valence-corrected chi connectivity index (χ1v) is 10.7. The normalized spacial score (nSPS) is 12.9. The summed E-state index contributed by atoms with van der Waals surface area (Å²) in [7, 11) is 0. The number of carbonyl (C=O) groups is 3. The van der Waals surface area contributed by atoms with Crippen LogP contribution in [-0.2, 0) is 0 Å². The first-order valence-electron chi connectivity index (χ1n) is 9.88. The summed E-state index contributed by atoms with van der Waals surface area (Å²) in [5, 5.41) is 3.76. The van der Waals surface area contributed by atoms with Crippen LogP contribution in [0.5, 0.6) is 0 Å². The molecular formula is C25H16BrN3O3. The second-order valence-electron chi connectivity index (χ2n) is 7.46. The van der Waals surface area contributed by atoms with Crippen molar-refractivity contribution in [3.8, 4) is 0 Å². The van der Waals surface area contributed by atoms with E-state index >= 15 is 0 Å². The van der Waals surface area contributed by atoms with Gasteiger partial charge in [0.15, 0.2) is 0 Å². The summed E-state index contributed by atoms with van der Waals surface area (Å²) in [6.07, 6.45) is 0. The summed E-state index contributed by atoms with van der Waals surface area (Å²) in [5.74, 6) is -1.04. The number of amides is 3. The largest absolute Gasteiger partial charge is 0.321 e. The molecule has 6 nitrogen and oxygen atoms in total. The Labute approximate surface area is 192 Å². The number of imide groups is 1. The summed E-state index contributed by atoms with van der Waals surface area (Å²) >= 11 is 3.46. The molecule has 1 N–H and O–H groups in total. The first kappa shape index (κ1) is 20.1. The fourth-order valence-corrected chi connectivity index (χ4v) is 4.17. The molecule has 1 aliphatic rings. The lowest BCUT2D eigenvalue weighted by Crippen LogP contribution is -2.29. The lowest BCUT2D eigenvalue weighted by molar-refractivity contribution is 0.0925. The number of benzene rings is 3.